The summed E-state index contributed by atoms with van der Waals surface area (Å²) in [6.45, 7) is 4.23. The SMILES string of the molecule is CCCNC(=O)[C@H](C)NC(=O)c1cc2ccccc2cc1OC. The van der Waals surface area contributed by atoms with Gasteiger partial charge in [0.15, 0.2) is 0 Å². The van der Waals surface area contributed by atoms with Crippen molar-refractivity contribution >= 4 is 22.6 Å². The highest BCUT2D eigenvalue weighted by Gasteiger charge is 2.19. The van der Waals surface area contributed by atoms with Crippen LogP contribution in [-0.4, -0.2) is 31.5 Å². The van der Waals surface area contributed by atoms with E-state index in [1.165, 1.54) is 7.11 Å². The molecule has 0 unspecified atom stereocenters. The lowest BCUT2D eigenvalue weighted by atomic mass is 10.0. The molecule has 2 amide bonds. The number of amides is 2. The van der Waals surface area contributed by atoms with Crippen LogP contribution in [0, 0.1) is 0 Å². The molecule has 5 nitrogen and oxygen atoms in total. The Morgan fingerprint density at radius 3 is 2.43 bits per heavy atom. The zero-order valence-electron chi connectivity index (χ0n) is 13.7. The molecule has 0 saturated carbocycles. The van der Waals surface area contributed by atoms with Crippen molar-refractivity contribution in [3.05, 3.63) is 42.0 Å². The normalized spacial score (nSPS) is 11.8. The van der Waals surface area contributed by atoms with E-state index >= 15 is 0 Å². The molecule has 23 heavy (non-hydrogen) atoms. The van der Waals surface area contributed by atoms with E-state index in [0.29, 0.717) is 17.9 Å². The predicted octanol–water partition coefficient (Wildman–Crippen LogP) is 2.49. The number of hydrogen-bond donors (Lipinski definition) is 2. The van der Waals surface area contributed by atoms with Crippen LogP contribution in [0.1, 0.15) is 30.6 Å². The molecule has 0 fully saturated rings. The fourth-order valence-corrected chi connectivity index (χ4v) is 2.31. The van der Waals surface area contributed by atoms with Crippen molar-refractivity contribution in [3.63, 3.8) is 0 Å². The van der Waals surface area contributed by atoms with Crippen LogP contribution in [0.5, 0.6) is 5.75 Å². The first-order valence-electron chi connectivity index (χ1n) is 7.72. The third kappa shape index (κ3) is 4.00. The van der Waals surface area contributed by atoms with Gasteiger partial charge < -0.3 is 15.4 Å². The molecule has 0 aliphatic heterocycles. The fraction of sp³-hybridized carbons (Fsp3) is 0.333. The molecule has 0 aliphatic carbocycles. The Morgan fingerprint density at radius 1 is 1.17 bits per heavy atom. The molecular formula is C18H22N2O3. The van der Waals surface area contributed by atoms with Crippen molar-refractivity contribution in [2.45, 2.75) is 26.3 Å². The maximum atomic E-state index is 12.5. The van der Waals surface area contributed by atoms with E-state index < -0.39 is 6.04 Å². The molecule has 2 aromatic carbocycles. The molecule has 0 radical (unpaired) electrons. The Kier molecular flexibility index (Phi) is 5.57. The first kappa shape index (κ1) is 16.8. The van der Waals surface area contributed by atoms with Gasteiger partial charge >= 0.3 is 0 Å². The van der Waals surface area contributed by atoms with Gasteiger partial charge in [-0.1, -0.05) is 31.2 Å². The number of fused-ring (bicyclic) bond motifs is 1. The second-order valence-electron chi connectivity index (χ2n) is 5.39. The summed E-state index contributed by atoms with van der Waals surface area (Å²) in [5.41, 5.74) is 0.418. The smallest absolute Gasteiger partial charge is 0.255 e. The fourth-order valence-electron chi connectivity index (χ4n) is 2.31. The summed E-state index contributed by atoms with van der Waals surface area (Å²) >= 11 is 0. The molecule has 2 N–H and O–H groups in total. The van der Waals surface area contributed by atoms with Crippen LogP contribution in [0.3, 0.4) is 0 Å². The number of ether oxygens (including phenoxy) is 1. The van der Waals surface area contributed by atoms with Gasteiger partial charge in [-0.25, -0.2) is 0 Å². The van der Waals surface area contributed by atoms with E-state index in [1.807, 2.05) is 37.3 Å². The average Bonchev–Trinajstić information content (AvgIpc) is 2.58. The summed E-state index contributed by atoms with van der Waals surface area (Å²) < 4.78 is 5.32. The van der Waals surface area contributed by atoms with Crippen LogP contribution >= 0.6 is 0 Å². The summed E-state index contributed by atoms with van der Waals surface area (Å²) in [5, 5.41) is 7.42. The minimum atomic E-state index is -0.606. The molecule has 0 spiro atoms. The Balaban J connectivity index is 2.21. The summed E-state index contributed by atoms with van der Waals surface area (Å²) in [6.07, 6.45) is 0.852. The van der Waals surface area contributed by atoms with Crippen molar-refractivity contribution in [2.24, 2.45) is 0 Å². The van der Waals surface area contributed by atoms with Crippen LogP contribution in [0.4, 0.5) is 0 Å². The Morgan fingerprint density at radius 2 is 1.83 bits per heavy atom. The molecule has 2 aromatic rings. The topological polar surface area (TPSA) is 67.4 Å². The van der Waals surface area contributed by atoms with Crippen molar-refractivity contribution in [1.82, 2.24) is 10.6 Å². The van der Waals surface area contributed by atoms with Crippen molar-refractivity contribution < 1.29 is 14.3 Å². The molecule has 1 atom stereocenters. The summed E-state index contributed by atoms with van der Waals surface area (Å²) in [5.74, 6) is -0.0333. The second-order valence-corrected chi connectivity index (χ2v) is 5.39. The third-order valence-corrected chi connectivity index (χ3v) is 3.60. The van der Waals surface area contributed by atoms with Crippen LogP contribution in [-0.2, 0) is 4.79 Å². The molecule has 5 heteroatoms. The zero-order chi connectivity index (χ0) is 16.8. The Labute approximate surface area is 136 Å². The number of carbonyl (C=O) groups is 2. The maximum Gasteiger partial charge on any atom is 0.255 e. The molecule has 0 heterocycles. The van der Waals surface area contributed by atoms with E-state index in [2.05, 4.69) is 10.6 Å². The standard InChI is InChI=1S/C18H22N2O3/c1-4-9-19-17(21)12(2)20-18(22)15-10-13-7-5-6-8-14(13)11-16(15)23-3/h5-8,10-12H,4,9H2,1-3H3,(H,19,21)(H,20,22)/t12-/m0/s1. The van der Waals surface area contributed by atoms with Gasteiger partial charge in [0.1, 0.15) is 11.8 Å². The summed E-state index contributed by atoms with van der Waals surface area (Å²) in [4.78, 5) is 24.4. The molecular weight excluding hydrogens is 292 g/mol. The molecule has 2 rings (SSSR count). The largest absolute Gasteiger partial charge is 0.496 e. The van der Waals surface area contributed by atoms with Gasteiger partial charge in [0, 0.05) is 6.54 Å². The van der Waals surface area contributed by atoms with Crippen LogP contribution in [0.15, 0.2) is 36.4 Å². The van der Waals surface area contributed by atoms with Gasteiger partial charge in [-0.15, -0.1) is 0 Å². The van der Waals surface area contributed by atoms with Gasteiger partial charge in [-0.05, 0) is 36.2 Å². The lowest BCUT2D eigenvalue weighted by molar-refractivity contribution is -0.122. The number of benzene rings is 2. The second kappa shape index (κ2) is 7.63. The van der Waals surface area contributed by atoms with E-state index in [9.17, 15) is 9.59 Å². The van der Waals surface area contributed by atoms with E-state index in [0.717, 1.165) is 17.2 Å². The highest BCUT2D eigenvalue weighted by Crippen LogP contribution is 2.25. The van der Waals surface area contributed by atoms with E-state index in [1.54, 1.807) is 13.0 Å². The monoisotopic (exact) mass is 314 g/mol. The molecule has 0 aromatic heterocycles. The molecule has 0 bridgehead atoms. The summed E-state index contributed by atoms with van der Waals surface area (Å²) in [6, 6.07) is 10.7. The van der Waals surface area contributed by atoms with Gasteiger partial charge in [-0.3, -0.25) is 9.59 Å². The highest BCUT2D eigenvalue weighted by atomic mass is 16.5. The van der Waals surface area contributed by atoms with Gasteiger partial charge in [0.05, 0.1) is 12.7 Å². The first-order valence-corrected chi connectivity index (χ1v) is 7.72. The maximum absolute atomic E-state index is 12.5. The van der Waals surface area contributed by atoms with Crippen LogP contribution in [0.2, 0.25) is 0 Å². The molecule has 122 valence electrons. The van der Waals surface area contributed by atoms with E-state index in [-0.39, 0.29) is 11.8 Å². The van der Waals surface area contributed by atoms with Crippen LogP contribution < -0.4 is 15.4 Å². The lowest BCUT2D eigenvalue weighted by Gasteiger charge is -2.15. The highest BCUT2D eigenvalue weighted by molar-refractivity contribution is 6.03. The Hall–Kier alpha value is -2.56. The van der Waals surface area contributed by atoms with Crippen LogP contribution in [0.25, 0.3) is 10.8 Å². The number of methoxy groups -OCH3 is 1. The summed E-state index contributed by atoms with van der Waals surface area (Å²) in [7, 11) is 1.53. The lowest BCUT2D eigenvalue weighted by Crippen LogP contribution is -2.45. The zero-order valence-corrected chi connectivity index (χ0v) is 13.7. The van der Waals surface area contributed by atoms with Gasteiger partial charge in [0.2, 0.25) is 5.91 Å². The minimum absolute atomic E-state index is 0.194. The number of nitrogens with one attached hydrogen (secondary N) is 2. The number of carbonyl (C=O) groups excluding carboxylic acids is 2. The number of hydrogen-bond acceptors (Lipinski definition) is 3. The molecule has 0 saturated heterocycles. The minimum Gasteiger partial charge on any atom is -0.496 e. The quantitative estimate of drug-likeness (QED) is 0.861. The van der Waals surface area contributed by atoms with Gasteiger partial charge in [-0.2, -0.15) is 0 Å². The Bertz CT molecular complexity index is 712. The van der Waals surface area contributed by atoms with E-state index in [4.69, 9.17) is 4.74 Å². The van der Waals surface area contributed by atoms with Gasteiger partial charge in [0.25, 0.3) is 5.91 Å². The molecule has 0 aliphatic rings. The number of rotatable bonds is 6. The average molecular weight is 314 g/mol. The third-order valence-electron chi connectivity index (χ3n) is 3.60. The van der Waals surface area contributed by atoms with Crippen molar-refractivity contribution in [2.75, 3.05) is 13.7 Å². The van der Waals surface area contributed by atoms with Crippen molar-refractivity contribution in [3.8, 4) is 5.75 Å². The first-order chi connectivity index (χ1) is 11.1. The van der Waals surface area contributed by atoms with Crippen molar-refractivity contribution in [1.29, 1.82) is 0 Å². The predicted molar refractivity (Wildman–Crippen MR) is 90.7 cm³/mol.